The minimum absolute atomic E-state index is 0.106. The van der Waals surface area contributed by atoms with E-state index in [1.807, 2.05) is 0 Å². The Hall–Kier alpha value is 1.25. The van der Waals surface area contributed by atoms with Crippen molar-refractivity contribution in [3.63, 3.8) is 0 Å². The Balaban J connectivity index is 2.66. The van der Waals surface area contributed by atoms with Crippen LogP contribution in [0.15, 0.2) is 0 Å². The molecule has 54 valence electrons. The predicted octanol–water partition coefficient (Wildman–Crippen LogP) is 3.37. The Morgan fingerprint density at radius 3 is 1.78 bits per heavy atom. The van der Waals surface area contributed by atoms with Gasteiger partial charge in [-0.25, -0.2) is 0 Å². The van der Waals surface area contributed by atoms with Crippen LogP contribution in [0.1, 0.15) is 13.8 Å². The van der Waals surface area contributed by atoms with Gasteiger partial charge in [-0.05, 0) is 5.41 Å². The van der Waals surface area contributed by atoms with Crippen LogP contribution in [0, 0.1) is 11.3 Å². The van der Waals surface area contributed by atoms with Gasteiger partial charge in [0.1, 0.15) is 0 Å². The van der Waals surface area contributed by atoms with E-state index in [-0.39, 0.29) is 3.23 Å². The molecule has 0 radical (unpaired) electrons. The summed E-state index contributed by atoms with van der Waals surface area (Å²) in [5, 5.41) is 0. The van der Waals surface area contributed by atoms with E-state index in [2.05, 4.69) is 45.7 Å². The highest BCUT2D eigenvalue weighted by atomic mass is 79.9. The average molecular weight is 276 g/mol. The summed E-state index contributed by atoms with van der Waals surface area (Å²) in [6.07, 6.45) is 0. The minimum Gasteiger partial charge on any atom is -0.126 e. The van der Waals surface area contributed by atoms with Gasteiger partial charge in [-0.15, -0.1) is 11.6 Å². The van der Waals surface area contributed by atoms with Gasteiger partial charge in [0.05, 0.1) is 3.23 Å². The average Bonchev–Trinajstić information content (AvgIpc) is 2.00. The van der Waals surface area contributed by atoms with Crippen LogP contribution in [0.5, 0.6) is 0 Å². The number of hydrogen-bond acceptors (Lipinski definition) is 0. The van der Waals surface area contributed by atoms with Crippen LogP contribution in [0.2, 0.25) is 0 Å². The van der Waals surface area contributed by atoms with Gasteiger partial charge >= 0.3 is 0 Å². The lowest BCUT2D eigenvalue weighted by Gasteiger charge is -1.99. The second kappa shape index (κ2) is 2.12. The molecule has 9 heavy (non-hydrogen) atoms. The van der Waals surface area contributed by atoms with Gasteiger partial charge in [0, 0.05) is 11.8 Å². The fourth-order valence-corrected chi connectivity index (χ4v) is 3.83. The molecule has 0 aromatic rings. The highest BCUT2D eigenvalue weighted by Gasteiger charge is 2.68. The number of rotatable bonds is 1. The van der Waals surface area contributed by atoms with Crippen molar-refractivity contribution in [2.24, 2.45) is 11.3 Å². The molecule has 0 aromatic carbocycles. The predicted molar refractivity (Wildman–Crippen MR) is 48.6 cm³/mol. The van der Waals surface area contributed by atoms with Crippen LogP contribution in [0.25, 0.3) is 0 Å². The molecule has 0 spiro atoms. The first-order chi connectivity index (χ1) is 3.94. The van der Waals surface area contributed by atoms with Crippen molar-refractivity contribution in [3.05, 3.63) is 0 Å². The molecule has 1 aliphatic rings. The summed E-state index contributed by atoms with van der Waals surface area (Å²) in [6.45, 7) is 4.40. The first-order valence-electron chi connectivity index (χ1n) is 2.88. The smallest absolute Gasteiger partial charge is 0.0905 e. The van der Waals surface area contributed by atoms with Crippen molar-refractivity contribution in [3.8, 4) is 0 Å². The number of hydrogen-bond donors (Lipinski definition) is 0. The van der Waals surface area contributed by atoms with Crippen molar-refractivity contribution in [1.29, 1.82) is 0 Å². The van der Waals surface area contributed by atoms with Gasteiger partial charge in [0.25, 0.3) is 0 Å². The topological polar surface area (TPSA) is 0 Å². The molecule has 0 amide bonds. The van der Waals surface area contributed by atoms with E-state index in [1.165, 1.54) is 0 Å². The van der Waals surface area contributed by atoms with Crippen LogP contribution in [-0.4, -0.2) is 9.11 Å². The first-order valence-corrected chi connectivity index (χ1v) is 5.00. The summed E-state index contributed by atoms with van der Waals surface area (Å²) in [4.78, 5) is 0. The Morgan fingerprint density at radius 2 is 1.78 bits per heavy atom. The van der Waals surface area contributed by atoms with E-state index < -0.39 is 0 Å². The van der Waals surface area contributed by atoms with E-state index in [0.29, 0.717) is 11.3 Å². The summed E-state index contributed by atoms with van der Waals surface area (Å²) < 4.78 is 0.106. The van der Waals surface area contributed by atoms with Crippen LogP contribution >= 0.6 is 43.5 Å². The van der Waals surface area contributed by atoms with E-state index in [4.69, 9.17) is 11.6 Å². The maximum absolute atomic E-state index is 5.71. The Labute approximate surface area is 77.6 Å². The van der Waals surface area contributed by atoms with Gasteiger partial charge < -0.3 is 0 Å². The highest BCUT2D eigenvalue weighted by Crippen LogP contribution is 2.71. The lowest BCUT2D eigenvalue weighted by Crippen LogP contribution is -1.94. The molecular formula is C6H9Br2Cl. The molecule has 1 saturated carbocycles. The maximum Gasteiger partial charge on any atom is 0.0905 e. The third-order valence-electron chi connectivity index (χ3n) is 2.24. The first kappa shape index (κ1) is 8.35. The molecule has 0 heterocycles. The monoisotopic (exact) mass is 274 g/mol. The molecule has 0 nitrogen and oxygen atoms in total. The van der Waals surface area contributed by atoms with Gasteiger partial charge in [0.15, 0.2) is 0 Å². The zero-order chi connectivity index (χ0) is 7.28. The molecule has 0 saturated heterocycles. The van der Waals surface area contributed by atoms with E-state index in [1.54, 1.807) is 0 Å². The van der Waals surface area contributed by atoms with Crippen molar-refractivity contribution in [2.45, 2.75) is 17.1 Å². The summed E-state index contributed by atoms with van der Waals surface area (Å²) in [6, 6.07) is 0. The fraction of sp³-hybridized carbons (Fsp3) is 1.00. The van der Waals surface area contributed by atoms with Crippen LogP contribution in [0.4, 0.5) is 0 Å². The largest absolute Gasteiger partial charge is 0.126 e. The molecule has 0 N–H and O–H groups in total. The second-order valence-corrected chi connectivity index (χ2v) is 6.93. The van der Waals surface area contributed by atoms with Crippen LogP contribution in [0.3, 0.4) is 0 Å². The van der Waals surface area contributed by atoms with E-state index in [0.717, 1.165) is 5.88 Å². The van der Waals surface area contributed by atoms with E-state index in [9.17, 15) is 0 Å². The maximum atomic E-state index is 5.71. The number of alkyl halides is 3. The second-order valence-electron chi connectivity index (χ2n) is 3.05. The van der Waals surface area contributed by atoms with Crippen molar-refractivity contribution < 1.29 is 0 Å². The molecule has 0 unspecified atom stereocenters. The molecule has 1 atom stereocenters. The van der Waals surface area contributed by atoms with E-state index >= 15 is 0 Å². The molecule has 3 heteroatoms. The summed E-state index contributed by atoms with van der Waals surface area (Å²) in [7, 11) is 0. The summed E-state index contributed by atoms with van der Waals surface area (Å²) in [5.41, 5.74) is 0.314. The van der Waals surface area contributed by atoms with Gasteiger partial charge in [-0.3, -0.25) is 0 Å². The lowest BCUT2D eigenvalue weighted by atomic mass is 10.1. The highest BCUT2D eigenvalue weighted by molar-refractivity contribution is 9.25. The standard InChI is InChI=1S/C6H9Br2Cl/c1-5(2)4(3-9)6(5,7)8/h4H,3H2,1-2H3/t4-/m1/s1. The number of halogens is 3. The SMILES string of the molecule is CC1(C)[C@@H](CCl)C1(Br)Br. The van der Waals surface area contributed by atoms with Crippen LogP contribution < -0.4 is 0 Å². The Kier molecular flexibility index (Phi) is 1.96. The zero-order valence-electron chi connectivity index (χ0n) is 5.42. The van der Waals surface area contributed by atoms with Gasteiger partial charge in [-0.2, -0.15) is 0 Å². The minimum atomic E-state index is 0.106. The van der Waals surface area contributed by atoms with Crippen LogP contribution in [-0.2, 0) is 0 Å². The Bertz CT molecular complexity index is 117. The molecular weight excluding hydrogens is 267 g/mol. The van der Waals surface area contributed by atoms with Crippen molar-refractivity contribution >= 4 is 43.5 Å². The van der Waals surface area contributed by atoms with Gasteiger partial charge in [-0.1, -0.05) is 45.7 Å². The third-order valence-corrected chi connectivity index (χ3v) is 5.70. The zero-order valence-corrected chi connectivity index (χ0v) is 9.35. The molecule has 0 aromatic heterocycles. The summed E-state index contributed by atoms with van der Waals surface area (Å²) >= 11 is 12.8. The fourth-order valence-electron chi connectivity index (χ4n) is 1.05. The third kappa shape index (κ3) is 0.982. The van der Waals surface area contributed by atoms with Crippen molar-refractivity contribution in [2.75, 3.05) is 5.88 Å². The Morgan fingerprint density at radius 1 is 1.44 bits per heavy atom. The normalized spacial score (nSPS) is 36.3. The summed E-state index contributed by atoms with van der Waals surface area (Å²) in [5.74, 6) is 1.29. The van der Waals surface area contributed by atoms with Gasteiger partial charge in [0.2, 0.25) is 0 Å². The molecule has 0 bridgehead atoms. The van der Waals surface area contributed by atoms with Crippen molar-refractivity contribution in [1.82, 2.24) is 0 Å². The quantitative estimate of drug-likeness (QED) is 0.644. The molecule has 0 aliphatic heterocycles. The lowest BCUT2D eigenvalue weighted by molar-refractivity contribution is 0.588. The molecule has 1 fully saturated rings. The molecule has 1 rings (SSSR count). The molecule has 1 aliphatic carbocycles.